The number of ether oxygens (including phenoxy) is 1. The first kappa shape index (κ1) is 21.1. The molecule has 0 saturated carbocycles. The lowest BCUT2D eigenvalue weighted by Gasteiger charge is -2.16. The van der Waals surface area contributed by atoms with E-state index in [1.54, 1.807) is 55.9 Å². The summed E-state index contributed by atoms with van der Waals surface area (Å²) in [4.78, 5) is 34.0. The third kappa shape index (κ3) is 4.18. The van der Waals surface area contributed by atoms with Crippen molar-refractivity contribution in [3.05, 3.63) is 89.9 Å². The number of hydrogen-bond donors (Lipinski definition) is 1. The van der Waals surface area contributed by atoms with Gasteiger partial charge in [0.1, 0.15) is 11.4 Å². The van der Waals surface area contributed by atoms with Crippen molar-refractivity contribution in [1.82, 2.24) is 9.88 Å². The molecular formula is C25H24N4O3. The fourth-order valence-corrected chi connectivity index (χ4v) is 3.52. The van der Waals surface area contributed by atoms with E-state index in [9.17, 15) is 9.59 Å². The maximum absolute atomic E-state index is 13.4. The van der Waals surface area contributed by atoms with Crippen molar-refractivity contribution in [2.24, 2.45) is 0 Å². The van der Waals surface area contributed by atoms with Gasteiger partial charge in [-0.25, -0.2) is 0 Å². The van der Waals surface area contributed by atoms with Gasteiger partial charge in [0.25, 0.3) is 11.8 Å². The van der Waals surface area contributed by atoms with E-state index in [1.807, 2.05) is 43.3 Å². The van der Waals surface area contributed by atoms with Crippen molar-refractivity contribution < 1.29 is 14.3 Å². The van der Waals surface area contributed by atoms with Gasteiger partial charge in [-0.1, -0.05) is 12.1 Å². The first-order valence-corrected chi connectivity index (χ1v) is 10.2. The highest BCUT2D eigenvalue weighted by Gasteiger charge is 2.39. The number of nitrogens with zero attached hydrogens (tertiary/aromatic N) is 3. The summed E-state index contributed by atoms with van der Waals surface area (Å²) in [5, 5.41) is 3.19. The lowest BCUT2D eigenvalue weighted by molar-refractivity contribution is -0.137. The smallest absolute Gasteiger partial charge is 0.278 e. The van der Waals surface area contributed by atoms with Crippen molar-refractivity contribution in [2.75, 3.05) is 31.4 Å². The fourth-order valence-electron chi connectivity index (χ4n) is 3.52. The number of nitrogens with one attached hydrogen (secondary N) is 1. The van der Waals surface area contributed by atoms with Gasteiger partial charge in [0.2, 0.25) is 0 Å². The van der Waals surface area contributed by atoms with Crippen LogP contribution in [0.3, 0.4) is 0 Å². The van der Waals surface area contributed by atoms with Crippen LogP contribution in [0, 0.1) is 0 Å². The molecule has 0 bridgehead atoms. The molecule has 32 heavy (non-hydrogen) atoms. The molecule has 4 rings (SSSR count). The van der Waals surface area contributed by atoms with Crippen LogP contribution in [-0.4, -0.2) is 42.9 Å². The second-order valence-electron chi connectivity index (χ2n) is 7.60. The average Bonchev–Trinajstić information content (AvgIpc) is 3.04. The SMILES string of the molecule is COc1ccc(C2=C(Nc3ccc(N(C)C)cc3)C(=O)N(Cc3ccncc3)C2=O)cc1. The second kappa shape index (κ2) is 8.93. The summed E-state index contributed by atoms with van der Waals surface area (Å²) in [6, 6.07) is 18.4. The molecule has 1 aromatic heterocycles. The van der Waals surface area contributed by atoms with Gasteiger partial charge in [0.05, 0.1) is 19.2 Å². The van der Waals surface area contributed by atoms with E-state index in [1.165, 1.54) is 4.90 Å². The normalized spacial score (nSPS) is 13.5. The first-order valence-electron chi connectivity index (χ1n) is 10.2. The number of benzene rings is 2. The minimum Gasteiger partial charge on any atom is -0.497 e. The average molecular weight is 428 g/mol. The van der Waals surface area contributed by atoms with Crippen LogP contribution in [0.2, 0.25) is 0 Å². The number of anilines is 2. The van der Waals surface area contributed by atoms with E-state index in [2.05, 4.69) is 10.3 Å². The minimum atomic E-state index is -0.366. The Labute approximate surface area is 186 Å². The summed E-state index contributed by atoms with van der Waals surface area (Å²) in [5.74, 6) is -0.0349. The Kier molecular flexibility index (Phi) is 5.89. The van der Waals surface area contributed by atoms with Crippen molar-refractivity contribution in [3.8, 4) is 5.75 Å². The predicted molar refractivity (Wildman–Crippen MR) is 124 cm³/mol. The Bertz CT molecular complexity index is 1150. The highest BCUT2D eigenvalue weighted by atomic mass is 16.5. The summed E-state index contributed by atoms with van der Waals surface area (Å²) in [7, 11) is 5.51. The number of rotatable bonds is 7. The molecule has 7 heteroatoms. The van der Waals surface area contributed by atoms with Gasteiger partial charge in [-0.2, -0.15) is 0 Å². The molecule has 1 aliphatic rings. The van der Waals surface area contributed by atoms with Crippen LogP contribution >= 0.6 is 0 Å². The Balaban J connectivity index is 1.71. The highest BCUT2D eigenvalue weighted by molar-refractivity contribution is 6.36. The molecule has 0 radical (unpaired) electrons. The van der Waals surface area contributed by atoms with Gasteiger partial charge in [-0.3, -0.25) is 19.5 Å². The van der Waals surface area contributed by atoms with Crippen molar-refractivity contribution in [1.29, 1.82) is 0 Å². The van der Waals surface area contributed by atoms with Crippen LogP contribution in [0.15, 0.2) is 78.8 Å². The topological polar surface area (TPSA) is 74.8 Å². The number of aromatic nitrogens is 1. The molecule has 0 saturated heterocycles. The lowest BCUT2D eigenvalue weighted by atomic mass is 10.0. The molecule has 2 amide bonds. The zero-order chi connectivity index (χ0) is 22.7. The van der Waals surface area contributed by atoms with Gasteiger partial charge in [-0.15, -0.1) is 0 Å². The zero-order valence-corrected chi connectivity index (χ0v) is 18.2. The van der Waals surface area contributed by atoms with E-state index < -0.39 is 0 Å². The predicted octanol–water partition coefficient (Wildman–Crippen LogP) is 3.55. The molecule has 0 unspecified atom stereocenters. The molecule has 7 nitrogen and oxygen atoms in total. The number of imide groups is 1. The van der Waals surface area contributed by atoms with E-state index >= 15 is 0 Å². The number of pyridine rings is 1. The standard InChI is InChI=1S/C25H24N4O3/c1-28(2)20-8-6-19(7-9-20)27-23-22(18-4-10-21(32-3)11-5-18)24(30)29(25(23)31)16-17-12-14-26-15-13-17/h4-15,27H,16H2,1-3H3. The summed E-state index contributed by atoms with van der Waals surface area (Å²) in [5.41, 5.74) is 3.83. The molecule has 3 aromatic rings. The van der Waals surface area contributed by atoms with Crippen molar-refractivity contribution >= 4 is 28.8 Å². The summed E-state index contributed by atoms with van der Waals surface area (Å²) in [6.07, 6.45) is 3.28. The molecule has 0 aliphatic carbocycles. The molecule has 2 heterocycles. The largest absolute Gasteiger partial charge is 0.497 e. The first-order chi connectivity index (χ1) is 15.5. The molecule has 162 valence electrons. The van der Waals surface area contributed by atoms with E-state index in [4.69, 9.17) is 4.74 Å². The number of carbonyl (C=O) groups is 2. The van der Waals surface area contributed by atoms with Crippen LogP contribution in [-0.2, 0) is 16.1 Å². The van der Waals surface area contributed by atoms with Gasteiger partial charge in [-0.05, 0) is 59.7 Å². The monoisotopic (exact) mass is 428 g/mol. The summed E-state index contributed by atoms with van der Waals surface area (Å²) in [6.45, 7) is 0.171. The summed E-state index contributed by atoms with van der Waals surface area (Å²) < 4.78 is 5.23. The van der Waals surface area contributed by atoms with Crippen LogP contribution in [0.1, 0.15) is 11.1 Å². The Morgan fingerprint density at radius 3 is 2.16 bits per heavy atom. The molecule has 0 fully saturated rings. The maximum Gasteiger partial charge on any atom is 0.278 e. The Hall–Kier alpha value is -4.13. The zero-order valence-electron chi connectivity index (χ0n) is 18.2. The van der Waals surface area contributed by atoms with Crippen LogP contribution in [0.4, 0.5) is 11.4 Å². The highest BCUT2D eigenvalue weighted by Crippen LogP contribution is 2.32. The van der Waals surface area contributed by atoms with Gasteiger partial charge >= 0.3 is 0 Å². The lowest BCUT2D eigenvalue weighted by Crippen LogP contribution is -2.32. The van der Waals surface area contributed by atoms with Gasteiger partial charge in [0, 0.05) is 37.9 Å². The maximum atomic E-state index is 13.4. The third-order valence-corrected chi connectivity index (χ3v) is 5.29. The van der Waals surface area contributed by atoms with Crippen molar-refractivity contribution in [3.63, 3.8) is 0 Å². The number of hydrogen-bond acceptors (Lipinski definition) is 6. The van der Waals surface area contributed by atoms with Gasteiger partial charge < -0.3 is 15.0 Å². The van der Waals surface area contributed by atoms with Crippen LogP contribution in [0.5, 0.6) is 5.75 Å². The van der Waals surface area contributed by atoms with E-state index in [-0.39, 0.29) is 24.1 Å². The summed E-state index contributed by atoms with van der Waals surface area (Å²) >= 11 is 0. The number of amides is 2. The molecule has 1 N–H and O–H groups in total. The Morgan fingerprint density at radius 2 is 1.56 bits per heavy atom. The van der Waals surface area contributed by atoms with E-state index in [0.717, 1.165) is 16.9 Å². The second-order valence-corrected chi connectivity index (χ2v) is 7.60. The third-order valence-electron chi connectivity index (χ3n) is 5.29. The minimum absolute atomic E-state index is 0.171. The molecule has 0 spiro atoms. The molecular weight excluding hydrogens is 404 g/mol. The quantitative estimate of drug-likeness (QED) is 0.580. The molecule has 1 aliphatic heterocycles. The Morgan fingerprint density at radius 1 is 0.906 bits per heavy atom. The number of methoxy groups -OCH3 is 1. The number of carbonyl (C=O) groups excluding carboxylic acids is 2. The van der Waals surface area contributed by atoms with Crippen LogP contribution < -0.4 is 15.0 Å². The fraction of sp³-hybridized carbons (Fsp3) is 0.160. The van der Waals surface area contributed by atoms with Gasteiger partial charge in [0.15, 0.2) is 0 Å². The molecule has 0 atom stereocenters. The van der Waals surface area contributed by atoms with Crippen molar-refractivity contribution in [2.45, 2.75) is 6.54 Å². The van der Waals surface area contributed by atoms with Crippen LogP contribution in [0.25, 0.3) is 5.57 Å². The van der Waals surface area contributed by atoms with E-state index in [0.29, 0.717) is 16.9 Å². The molecule has 2 aromatic carbocycles.